The molecule has 1 aliphatic rings. The number of hydrogen-bond donors (Lipinski definition) is 2. The Morgan fingerprint density at radius 1 is 1.33 bits per heavy atom. The molecule has 4 rings (SSSR count). The van der Waals surface area contributed by atoms with E-state index in [1.54, 1.807) is 31.0 Å². The minimum Gasteiger partial charge on any atom is -0.345 e. The maximum Gasteiger partial charge on any atom is 0.246 e. The van der Waals surface area contributed by atoms with Crippen LogP contribution in [0.1, 0.15) is 29.9 Å². The lowest BCUT2D eigenvalue weighted by atomic mass is 9.93. The average Bonchev–Trinajstić information content (AvgIpc) is 3.26. The third-order valence-corrected chi connectivity index (χ3v) is 5.12. The van der Waals surface area contributed by atoms with Crippen molar-refractivity contribution < 1.29 is 4.79 Å². The minimum atomic E-state index is 0.0323. The van der Waals surface area contributed by atoms with Gasteiger partial charge in [0, 0.05) is 36.6 Å². The Balaban J connectivity index is 1.36. The SMILES string of the molecule is Cc1cccc(Nc2cc(CC3CCCN(C(=O)/C=C/c4cnc[nH]4)C3)ncn2)n1. The van der Waals surface area contributed by atoms with E-state index in [0.29, 0.717) is 5.92 Å². The van der Waals surface area contributed by atoms with E-state index in [4.69, 9.17) is 0 Å². The summed E-state index contributed by atoms with van der Waals surface area (Å²) in [5.74, 6) is 1.90. The van der Waals surface area contributed by atoms with Gasteiger partial charge in [0.05, 0.1) is 18.2 Å². The van der Waals surface area contributed by atoms with E-state index in [1.165, 1.54) is 0 Å². The number of amides is 1. The summed E-state index contributed by atoms with van der Waals surface area (Å²) >= 11 is 0. The van der Waals surface area contributed by atoms with Crippen LogP contribution in [0.4, 0.5) is 11.6 Å². The van der Waals surface area contributed by atoms with Crippen LogP contribution in [0.15, 0.2) is 49.2 Å². The molecule has 1 unspecified atom stereocenters. The number of rotatable bonds is 6. The molecule has 2 N–H and O–H groups in total. The highest BCUT2D eigenvalue weighted by molar-refractivity contribution is 5.91. The number of likely N-dealkylation sites (tertiary alicyclic amines) is 1. The Morgan fingerprint density at radius 2 is 2.27 bits per heavy atom. The summed E-state index contributed by atoms with van der Waals surface area (Å²) in [5, 5.41) is 3.24. The Hall–Kier alpha value is -3.55. The van der Waals surface area contributed by atoms with Crippen LogP contribution >= 0.6 is 0 Å². The van der Waals surface area contributed by atoms with Gasteiger partial charge in [-0.3, -0.25) is 4.79 Å². The molecular formula is C22H25N7O. The zero-order chi connectivity index (χ0) is 20.8. The van der Waals surface area contributed by atoms with Gasteiger partial charge in [-0.05, 0) is 50.3 Å². The summed E-state index contributed by atoms with van der Waals surface area (Å²) in [6, 6.07) is 7.79. The molecule has 0 spiro atoms. The number of imidazole rings is 1. The van der Waals surface area contributed by atoms with Crippen molar-refractivity contribution in [2.24, 2.45) is 5.92 Å². The molecule has 0 bridgehead atoms. The van der Waals surface area contributed by atoms with Crippen molar-refractivity contribution >= 4 is 23.6 Å². The second-order valence-electron chi connectivity index (χ2n) is 7.52. The number of pyridine rings is 1. The summed E-state index contributed by atoms with van der Waals surface area (Å²) in [6.45, 7) is 3.48. The molecule has 0 aliphatic carbocycles. The number of hydrogen-bond acceptors (Lipinski definition) is 6. The first-order valence-electron chi connectivity index (χ1n) is 10.1. The Labute approximate surface area is 175 Å². The van der Waals surface area contributed by atoms with Gasteiger partial charge in [0.25, 0.3) is 0 Å². The fraction of sp³-hybridized carbons (Fsp3) is 0.318. The zero-order valence-electron chi connectivity index (χ0n) is 17.0. The Morgan fingerprint density at radius 3 is 3.10 bits per heavy atom. The number of piperidine rings is 1. The van der Waals surface area contributed by atoms with Crippen LogP contribution in [-0.4, -0.2) is 48.8 Å². The fourth-order valence-corrected chi connectivity index (χ4v) is 3.67. The normalized spacial score (nSPS) is 16.7. The first-order chi connectivity index (χ1) is 14.7. The third kappa shape index (κ3) is 5.28. The summed E-state index contributed by atoms with van der Waals surface area (Å²) in [5.41, 5.74) is 2.73. The second kappa shape index (κ2) is 9.30. The molecule has 3 aromatic heterocycles. The molecule has 1 atom stereocenters. The summed E-state index contributed by atoms with van der Waals surface area (Å²) in [4.78, 5) is 34.6. The van der Waals surface area contributed by atoms with Gasteiger partial charge in [0.2, 0.25) is 5.91 Å². The molecule has 0 aromatic carbocycles. The van der Waals surface area contributed by atoms with Crippen LogP contribution in [-0.2, 0) is 11.2 Å². The van der Waals surface area contributed by atoms with Crippen molar-refractivity contribution in [3.8, 4) is 0 Å². The van der Waals surface area contributed by atoms with E-state index >= 15 is 0 Å². The van der Waals surface area contributed by atoms with Crippen molar-refractivity contribution in [1.82, 2.24) is 29.8 Å². The predicted molar refractivity (Wildman–Crippen MR) is 115 cm³/mol. The van der Waals surface area contributed by atoms with Crippen molar-refractivity contribution in [3.63, 3.8) is 0 Å². The summed E-state index contributed by atoms with van der Waals surface area (Å²) in [7, 11) is 0. The van der Waals surface area contributed by atoms with E-state index in [0.717, 1.165) is 61.1 Å². The highest BCUT2D eigenvalue weighted by atomic mass is 16.2. The molecule has 8 nitrogen and oxygen atoms in total. The molecule has 154 valence electrons. The average molecular weight is 403 g/mol. The van der Waals surface area contributed by atoms with Crippen molar-refractivity contribution in [1.29, 1.82) is 0 Å². The van der Waals surface area contributed by atoms with E-state index < -0.39 is 0 Å². The molecule has 0 radical (unpaired) electrons. The third-order valence-electron chi connectivity index (χ3n) is 5.12. The molecule has 0 saturated carbocycles. The molecular weight excluding hydrogens is 378 g/mol. The fourth-order valence-electron chi connectivity index (χ4n) is 3.67. The maximum atomic E-state index is 12.5. The highest BCUT2D eigenvalue weighted by Gasteiger charge is 2.23. The van der Waals surface area contributed by atoms with Crippen LogP contribution in [0, 0.1) is 12.8 Å². The van der Waals surface area contributed by atoms with Gasteiger partial charge in [0.15, 0.2) is 0 Å². The highest BCUT2D eigenvalue weighted by Crippen LogP contribution is 2.22. The number of carbonyl (C=O) groups is 1. The monoisotopic (exact) mass is 403 g/mol. The van der Waals surface area contributed by atoms with E-state index in [-0.39, 0.29) is 5.91 Å². The van der Waals surface area contributed by atoms with Gasteiger partial charge >= 0.3 is 0 Å². The van der Waals surface area contributed by atoms with Crippen LogP contribution in [0.3, 0.4) is 0 Å². The minimum absolute atomic E-state index is 0.0323. The number of aryl methyl sites for hydroxylation is 1. The number of H-pyrrole nitrogens is 1. The molecule has 4 heterocycles. The number of aromatic nitrogens is 5. The van der Waals surface area contributed by atoms with Crippen LogP contribution < -0.4 is 5.32 Å². The van der Waals surface area contributed by atoms with Crippen LogP contribution in [0.2, 0.25) is 0 Å². The molecule has 8 heteroatoms. The molecule has 1 amide bonds. The van der Waals surface area contributed by atoms with Crippen molar-refractivity contribution in [2.45, 2.75) is 26.2 Å². The van der Waals surface area contributed by atoms with Crippen molar-refractivity contribution in [3.05, 3.63) is 66.3 Å². The molecule has 1 fully saturated rings. The van der Waals surface area contributed by atoms with Gasteiger partial charge < -0.3 is 15.2 Å². The number of nitrogens with one attached hydrogen (secondary N) is 2. The second-order valence-corrected chi connectivity index (χ2v) is 7.52. The smallest absolute Gasteiger partial charge is 0.246 e. The molecule has 30 heavy (non-hydrogen) atoms. The largest absolute Gasteiger partial charge is 0.345 e. The first kappa shape index (κ1) is 19.8. The zero-order valence-corrected chi connectivity index (χ0v) is 17.0. The first-order valence-corrected chi connectivity index (χ1v) is 10.1. The lowest BCUT2D eigenvalue weighted by Gasteiger charge is -2.32. The summed E-state index contributed by atoms with van der Waals surface area (Å²) in [6.07, 6.45) is 11.1. The number of aromatic amines is 1. The lowest BCUT2D eigenvalue weighted by Crippen LogP contribution is -2.39. The maximum absolute atomic E-state index is 12.5. The quantitative estimate of drug-likeness (QED) is 0.614. The number of carbonyl (C=O) groups excluding carboxylic acids is 1. The van der Waals surface area contributed by atoms with E-state index in [2.05, 4.69) is 30.2 Å². The van der Waals surface area contributed by atoms with E-state index in [1.807, 2.05) is 36.1 Å². The lowest BCUT2D eigenvalue weighted by molar-refractivity contribution is -0.127. The van der Waals surface area contributed by atoms with Gasteiger partial charge in [0.1, 0.15) is 18.0 Å². The number of anilines is 2. The molecule has 1 saturated heterocycles. The van der Waals surface area contributed by atoms with Gasteiger partial charge in [-0.15, -0.1) is 0 Å². The van der Waals surface area contributed by atoms with Gasteiger partial charge in [-0.2, -0.15) is 0 Å². The van der Waals surface area contributed by atoms with Crippen LogP contribution in [0.25, 0.3) is 6.08 Å². The van der Waals surface area contributed by atoms with E-state index in [9.17, 15) is 4.79 Å². The topological polar surface area (TPSA) is 99.7 Å². The molecule has 1 aliphatic heterocycles. The van der Waals surface area contributed by atoms with Crippen LogP contribution in [0.5, 0.6) is 0 Å². The Kier molecular flexibility index (Phi) is 6.12. The predicted octanol–water partition coefficient (Wildman–Crippen LogP) is 3.14. The summed E-state index contributed by atoms with van der Waals surface area (Å²) < 4.78 is 0. The van der Waals surface area contributed by atoms with Crippen molar-refractivity contribution in [2.75, 3.05) is 18.4 Å². The number of nitrogens with zero attached hydrogens (tertiary/aromatic N) is 5. The van der Waals surface area contributed by atoms with Gasteiger partial charge in [-0.1, -0.05) is 6.07 Å². The Bertz CT molecular complexity index is 1020. The molecule has 3 aromatic rings. The standard InChI is InChI=1S/C22H25N7O/c1-16-4-2-6-20(27-16)28-21-11-19(25-15-26-21)10-17-5-3-9-29(13-17)22(30)8-7-18-12-23-14-24-18/h2,4,6-8,11-12,14-15,17H,3,5,9-10,13H2,1H3,(H,23,24)(H,25,26,27,28)/b8-7+. The van der Waals surface area contributed by atoms with Gasteiger partial charge in [-0.25, -0.2) is 19.9 Å².